The van der Waals surface area contributed by atoms with Crippen LogP contribution in [0.5, 0.6) is 0 Å². The molecule has 0 radical (unpaired) electrons. The van der Waals surface area contributed by atoms with Gasteiger partial charge in [0.2, 0.25) is 10.0 Å². The Kier molecular flexibility index (Phi) is 4.56. The lowest BCUT2D eigenvalue weighted by Crippen LogP contribution is -2.36. The summed E-state index contributed by atoms with van der Waals surface area (Å²) >= 11 is 0. The van der Waals surface area contributed by atoms with Crippen LogP contribution in [0.4, 0.5) is 0 Å². The van der Waals surface area contributed by atoms with Gasteiger partial charge in [-0.15, -0.1) is 0 Å². The molecule has 4 nitrogen and oxygen atoms in total. The molecule has 2 rings (SSSR count). The summed E-state index contributed by atoms with van der Waals surface area (Å²) < 4.78 is 26.9. The van der Waals surface area contributed by atoms with Gasteiger partial charge in [-0.1, -0.05) is 44.6 Å². The SMILES string of the molecule is CC(C)(C)C1=CCN(S(=O)(=O)c2cccc(CN)c2)CC1. The Labute approximate surface area is 127 Å². The van der Waals surface area contributed by atoms with Gasteiger partial charge in [-0.2, -0.15) is 4.31 Å². The van der Waals surface area contributed by atoms with Crippen molar-refractivity contribution in [3.05, 3.63) is 41.5 Å². The lowest BCUT2D eigenvalue weighted by molar-refractivity contribution is 0.389. The summed E-state index contributed by atoms with van der Waals surface area (Å²) in [6.07, 6.45) is 2.84. The Bertz CT molecular complexity index is 642. The molecule has 0 aromatic heterocycles. The first-order valence-corrected chi connectivity index (χ1v) is 8.68. The molecule has 1 aromatic rings. The first-order valence-electron chi connectivity index (χ1n) is 7.24. The fourth-order valence-corrected chi connectivity index (χ4v) is 3.98. The van der Waals surface area contributed by atoms with E-state index in [1.807, 2.05) is 12.1 Å². The predicted molar refractivity (Wildman–Crippen MR) is 85.2 cm³/mol. The zero-order chi connectivity index (χ0) is 15.7. The van der Waals surface area contributed by atoms with Crippen LogP contribution in [0, 0.1) is 5.41 Å². The van der Waals surface area contributed by atoms with E-state index in [1.54, 1.807) is 18.2 Å². The molecule has 1 aliphatic rings. The van der Waals surface area contributed by atoms with E-state index >= 15 is 0 Å². The molecule has 0 amide bonds. The maximum absolute atomic E-state index is 12.7. The lowest BCUT2D eigenvalue weighted by Gasteiger charge is -2.31. The molecule has 0 fully saturated rings. The van der Waals surface area contributed by atoms with Crippen molar-refractivity contribution in [2.45, 2.75) is 38.6 Å². The highest BCUT2D eigenvalue weighted by molar-refractivity contribution is 7.89. The van der Waals surface area contributed by atoms with E-state index in [0.717, 1.165) is 12.0 Å². The summed E-state index contributed by atoms with van der Waals surface area (Å²) in [5, 5.41) is 0. The Morgan fingerprint density at radius 2 is 2.00 bits per heavy atom. The summed E-state index contributed by atoms with van der Waals surface area (Å²) in [7, 11) is -3.43. The molecular weight excluding hydrogens is 284 g/mol. The lowest BCUT2D eigenvalue weighted by atomic mass is 9.83. The van der Waals surface area contributed by atoms with Crippen LogP contribution in [0.25, 0.3) is 0 Å². The monoisotopic (exact) mass is 308 g/mol. The second kappa shape index (κ2) is 5.91. The van der Waals surface area contributed by atoms with Gasteiger partial charge in [0.1, 0.15) is 0 Å². The fraction of sp³-hybridized carbons (Fsp3) is 0.500. The second-order valence-electron chi connectivity index (χ2n) is 6.44. The third-order valence-corrected chi connectivity index (χ3v) is 5.77. The van der Waals surface area contributed by atoms with Crippen LogP contribution in [0.3, 0.4) is 0 Å². The van der Waals surface area contributed by atoms with E-state index in [2.05, 4.69) is 20.8 Å². The van der Waals surface area contributed by atoms with Crippen LogP contribution in [-0.2, 0) is 16.6 Å². The van der Waals surface area contributed by atoms with Crippen molar-refractivity contribution in [2.24, 2.45) is 11.1 Å². The zero-order valence-electron chi connectivity index (χ0n) is 13.0. The van der Waals surface area contributed by atoms with Crippen molar-refractivity contribution in [1.29, 1.82) is 0 Å². The topological polar surface area (TPSA) is 63.4 Å². The van der Waals surface area contributed by atoms with Crippen LogP contribution in [0.1, 0.15) is 32.8 Å². The summed E-state index contributed by atoms with van der Waals surface area (Å²) in [6, 6.07) is 6.89. The first-order chi connectivity index (χ1) is 9.75. The molecule has 0 saturated heterocycles. The third kappa shape index (κ3) is 3.54. The molecule has 21 heavy (non-hydrogen) atoms. The third-order valence-electron chi connectivity index (χ3n) is 3.91. The normalized spacial score (nSPS) is 17.6. The smallest absolute Gasteiger partial charge is 0.243 e. The van der Waals surface area contributed by atoms with Gasteiger partial charge in [0.05, 0.1) is 4.90 Å². The van der Waals surface area contributed by atoms with E-state index in [4.69, 9.17) is 5.73 Å². The number of benzene rings is 1. The standard InChI is InChI=1S/C16H24N2O2S/c1-16(2,3)14-7-9-18(10-8-14)21(19,20)15-6-4-5-13(11-15)12-17/h4-7,11H,8-10,12,17H2,1-3H3. The molecule has 116 valence electrons. The van der Waals surface area contributed by atoms with Crippen molar-refractivity contribution in [3.8, 4) is 0 Å². The number of nitrogens with zero attached hydrogens (tertiary/aromatic N) is 1. The minimum atomic E-state index is -3.43. The fourth-order valence-electron chi connectivity index (χ4n) is 2.53. The highest BCUT2D eigenvalue weighted by atomic mass is 32.2. The average molecular weight is 308 g/mol. The highest BCUT2D eigenvalue weighted by Crippen LogP contribution is 2.31. The number of sulfonamides is 1. The number of nitrogens with two attached hydrogens (primary N) is 1. The van der Waals surface area contributed by atoms with Crippen molar-refractivity contribution in [3.63, 3.8) is 0 Å². The molecule has 0 unspecified atom stereocenters. The molecule has 0 saturated carbocycles. The van der Waals surface area contributed by atoms with Crippen molar-refractivity contribution >= 4 is 10.0 Å². The Morgan fingerprint density at radius 3 is 2.52 bits per heavy atom. The number of hydrogen-bond donors (Lipinski definition) is 1. The van der Waals surface area contributed by atoms with Crippen LogP contribution >= 0.6 is 0 Å². The quantitative estimate of drug-likeness (QED) is 0.873. The largest absolute Gasteiger partial charge is 0.326 e. The van der Waals surface area contributed by atoms with E-state index < -0.39 is 10.0 Å². The first kappa shape index (κ1) is 16.2. The zero-order valence-corrected chi connectivity index (χ0v) is 13.8. The summed E-state index contributed by atoms with van der Waals surface area (Å²) in [5.41, 5.74) is 7.85. The summed E-state index contributed by atoms with van der Waals surface area (Å²) in [6.45, 7) is 7.81. The van der Waals surface area contributed by atoms with Crippen molar-refractivity contribution in [1.82, 2.24) is 4.31 Å². The van der Waals surface area contributed by atoms with E-state index in [1.165, 1.54) is 9.88 Å². The summed E-state index contributed by atoms with van der Waals surface area (Å²) in [4.78, 5) is 0.332. The number of rotatable bonds is 3. The molecule has 0 atom stereocenters. The molecule has 1 heterocycles. The molecule has 0 bridgehead atoms. The molecule has 1 aliphatic heterocycles. The maximum atomic E-state index is 12.7. The van der Waals surface area contributed by atoms with Crippen LogP contribution in [0.2, 0.25) is 0 Å². The minimum absolute atomic E-state index is 0.106. The van der Waals surface area contributed by atoms with E-state index in [0.29, 0.717) is 24.5 Å². The van der Waals surface area contributed by atoms with Gasteiger partial charge in [-0.3, -0.25) is 0 Å². The van der Waals surface area contributed by atoms with Gasteiger partial charge in [0, 0.05) is 19.6 Å². The molecular formula is C16H24N2O2S. The molecule has 1 aromatic carbocycles. The highest BCUT2D eigenvalue weighted by Gasteiger charge is 2.28. The maximum Gasteiger partial charge on any atom is 0.243 e. The van der Waals surface area contributed by atoms with E-state index in [-0.39, 0.29) is 5.41 Å². The predicted octanol–water partition coefficient (Wildman–Crippen LogP) is 2.51. The van der Waals surface area contributed by atoms with Crippen LogP contribution < -0.4 is 5.73 Å². The van der Waals surface area contributed by atoms with Crippen molar-refractivity contribution in [2.75, 3.05) is 13.1 Å². The Morgan fingerprint density at radius 1 is 1.29 bits per heavy atom. The van der Waals surface area contributed by atoms with Gasteiger partial charge in [-0.05, 0) is 29.5 Å². The second-order valence-corrected chi connectivity index (χ2v) is 8.38. The van der Waals surface area contributed by atoms with Gasteiger partial charge < -0.3 is 5.73 Å². The molecule has 5 heteroatoms. The number of hydrogen-bond acceptors (Lipinski definition) is 3. The van der Waals surface area contributed by atoms with Crippen molar-refractivity contribution < 1.29 is 8.42 Å². The van der Waals surface area contributed by atoms with E-state index in [9.17, 15) is 8.42 Å². The Hall–Kier alpha value is -1.17. The van der Waals surface area contributed by atoms with Gasteiger partial charge >= 0.3 is 0 Å². The molecule has 2 N–H and O–H groups in total. The molecule has 0 aliphatic carbocycles. The summed E-state index contributed by atoms with van der Waals surface area (Å²) in [5.74, 6) is 0. The van der Waals surface area contributed by atoms with Crippen LogP contribution in [-0.4, -0.2) is 25.8 Å². The molecule has 0 spiro atoms. The van der Waals surface area contributed by atoms with Gasteiger partial charge in [-0.25, -0.2) is 8.42 Å². The Balaban J connectivity index is 2.24. The van der Waals surface area contributed by atoms with Gasteiger partial charge in [0.15, 0.2) is 0 Å². The van der Waals surface area contributed by atoms with Crippen LogP contribution in [0.15, 0.2) is 40.8 Å². The average Bonchev–Trinajstić information content (AvgIpc) is 2.46. The minimum Gasteiger partial charge on any atom is -0.326 e. The van der Waals surface area contributed by atoms with Gasteiger partial charge in [0.25, 0.3) is 0 Å².